The molecule has 0 saturated heterocycles. The molecule has 1 unspecified atom stereocenters. The highest BCUT2D eigenvalue weighted by Crippen LogP contribution is 2.15. The largest absolute Gasteiger partial charge is 0.321 e. The number of nitrogens with two attached hydrogens (primary N) is 1. The van der Waals surface area contributed by atoms with Gasteiger partial charge < -0.3 is 5.73 Å². The number of hydrogen-bond acceptors (Lipinski definition) is 1. The smallest absolute Gasteiger partial charge is 0.126 e. The van der Waals surface area contributed by atoms with E-state index >= 15 is 0 Å². The molecule has 0 amide bonds. The van der Waals surface area contributed by atoms with Crippen LogP contribution in [0, 0.1) is 12.7 Å². The maximum absolute atomic E-state index is 12.8. The third-order valence-corrected chi connectivity index (χ3v) is 1.82. The van der Waals surface area contributed by atoms with Crippen LogP contribution in [0.15, 0.2) is 30.9 Å². The van der Waals surface area contributed by atoms with Crippen molar-refractivity contribution in [2.75, 3.05) is 0 Å². The molecule has 0 aliphatic carbocycles. The van der Waals surface area contributed by atoms with E-state index in [1.165, 1.54) is 6.07 Å². The fraction of sp³-hybridized carbons (Fsp3) is 0.200. The van der Waals surface area contributed by atoms with Gasteiger partial charge in [0.25, 0.3) is 0 Å². The Morgan fingerprint density at radius 3 is 2.75 bits per heavy atom. The second kappa shape index (κ2) is 3.50. The molecule has 0 aliphatic heterocycles. The Bertz CT molecular complexity index is 294. The van der Waals surface area contributed by atoms with E-state index in [-0.39, 0.29) is 11.9 Å². The van der Waals surface area contributed by atoms with E-state index < -0.39 is 0 Å². The predicted molar refractivity (Wildman–Crippen MR) is 48.3 cm³/mol. The zero-order valence-electron chi connectivity index (χ0n) is 7.05. The number of rotatable bonds is 2. The Hall–Kier alpha value is -1.15. The maximum atomic E-state index is 12.8. The Kier molecular flexibility index (Phi) is 2.61. The average Bonchev–Trinajstić information content (AvgIpc) is 2.08. The second-order valence-electron chi connectivity index (χ2n) is 2.77. The van der Waals surface area contributed by atoms with Crippen molar-refractivity contribution in [3.8, 4) is 0 Å². The SMILES string of the molecule is C=CC(N)c1ccc(F)c(C)c1. The molecule has 2 N–H and O–H groups in total. The summed E-state index contributed by atoms with van der Waals surface area (Å²) < 4.78 is 12.8. The van der Waals surface area contributed by atoms with E-state index in [0.717, 1.165) is 5.56 Å². The minimum Gasteiger partial charge on any atom is -0.321 e. The minimum absolute atomic E-state index is 0.199. The number of hydrogen-bond donors (Lipinski definition) is 1. The molecule has 1 rings (SSSR count). The number of benzene rings is 1. The molecule has 1 atom stereocenters. The van der Waals surface area contributed by atoms with Gasteiger partial charge in [-0.25, -0.2) is 4.39 Å². The van der Waals surface area contributed by atoms with Crippen molar-refractivity contribution in [3.63, 3.8) is 0 Å². The molecular formula is C10H12FN. The number of aryl methyl sites for hydroxylation is 1. The molecule has 0 fully saturated rings. The average molecular weight is 165 g/mol. The first kappa shape index (κ1) is 8.94. The lowest BCUT2D eigenvalue weighted by atomic mass is 10.1. The zero-order chi connectivity index (χ0) is 9.14. The first-order valence-corrected chi connectivity index (χ1v) is 3.79. The van der Waals surface area contributed by atoms with Crippen LogP contribution in [0.2, 0.25) is 0 Å². The fourth-order valence-corrected chi connectivity index (χ4v) is 1.01. The van der Waals surface area contributed by atoms with Gasteiger partial charge in [-0.05, 0) is 24.1 Å². The summed E-state index contributed by atoms with van der Waals surface area (Å²) in [6.07, 6.45) is 1.63. The second-order valence-corrected chi connectivity index (χ2v) is 2.77. The highest BCUT2D eigenvalue weighted by Gasteiger charge is 2.03. The van der Waals surface area contributed by atoms with Crippen molar-refractivity contribution in [1.82, 2.24) is 0 Å². The van der Waals surface area contributed by atoms with Crippen LogP contribution in [-0.4, -0.2) is 0 Å². The van der Waals surface area contributed by atoms with Gasteiger partial charge in [-0.3, -0.25) is 0 Å². The summed E-state index contributed by atoms with van der Waals surface area (Å²) in [7, 11) is 0. The topological polar surface area (TPSA) is 26.0 Å². The molecule has 2 heteroatoms. The summed E-state index contributed by atoms with van der Waals surface area (Å²) in [5.74, 6) is -0.199. The Labute approximate surface area is 71.7 Å². The van der Waals surface area contributed by atoms with Gasteiger partial charge in [0.05, 0.1) is 0 Å². The third-order valence-electron chi connectivity index (χ3n) is 1.82. The summed E-state index contributed by atoms with van der Waals surface area (Å²) in [5, 5.41) is 0. The van der Waals surface area contributed by atoms with Gasteiger partial charge in [-0.15, -0.1) is 6.58 Å². The molecule has 1 aromatic rings. The van der Waals surface area contributed by atoms with Crippen LogP contribution in [0.4, 0.5) is 4.39 Å². The fourth-order valence-electron chi connectivity index (χ4n) is 1.01. The van der Waals surface area contributed by atoms with Crippen LogP contribution in [-0.2, 0) is 0 Å². The normalized spacial score (nSPS) is 12.6. The van der Waals surface area contributed by atoms with Crippen molar-refractivity contribution in [3.05, 3.63) is 47.8 Å². The lowest BCUT2D eigenvalue weighted by molar-refractivity contribution is 0.617. The van der Waals surface area contributed by atoms with Crippen molar-refractivity contribution in [2.45, 2.75) is 13.0 Å². The van der Waals surface area contributed by atoms with Crippen molar-refractivity contribution in [2.24, 2.45) is 5.73 Å². The molecule has 1 nitrogen and oxygen atoms in total. The first-order chi connectivity index (χ1) is 5.65. The monoisotopic (exact) mass is 165 g/mol. The minimum atomic E-state index is -0.204. The molecule has 1 aromatic carbocycles. The standard InChI is InChI=1S/C10H12FN/c1-3-10(12)8-4-5-9(11)7(2)6-8/h3-6,10H,1,12H2,2H3. The third kappa shape index (κ3) is 1.71. The van der Waals surface area contributed by atoms with Gasteiger partial charge in [0.2, 0.25) is 0 Å². The summed E-state index contributed by atoms with van der Waals surface area (Å²) in [6.45, 7) is 5.29. The lowest BCUT2D eigenvalue weighted by Crippen LogP contribution is -2.06. The van der Waals surface area contributed by atoms with Crippen molar-refractivity contribution < 1.29 is 4.39 Å². The molecule has 0 heterocycles. The van der Waals surface area contributed by atoms with Crippen LogP contribution >= 0.6 is 0 Å². The van der Waals surface area contributed by atoms with Gasteiger partial charge in [0, 0.05) is 6.04 Å². The van der Waals surface area contributed by atoms with Gasteiger partial charge in [0.15, 0.2) is 0 Å². The Morgan fingerprint density at radius 2 is 2.25 bits per heavy atom. The van der Waals surface area contributed by atoms with E-state index in [0.29, 0.717) is 5.56 Å². The van der Waals surface area contributed by atoms with Crippen LogP contribution in [0.3, 0.4) is 0 Å². The lowest BCUT2D eigenvalue weighted by Gasteiger charge is -2.07. The molecule has 0 radical (unpaired) electrons. The quantitative estimate of drug-likeness (QED) is 0.669. The first-order valence-electron chi connectivity index (χ1n) is 3.79. The van der Waals surface area contributed by atoms with E-state index in [1.807, 2.05) is 0 Å². The summed E-state index contributed by atoms with van der Waals surface area (Å²) in [5.41, 5.74) is 7.18. The van der Waals surface area contributed by atoms with Crippen molar-refractivity contribution in [1.29, 1.82) is 0 Å². The maximum Gasteiger partial charge on any atom is 0.126 e. The molecule has 0 spiro atoms. The van der Waals surface area contributed by atoms with Crippen LogP contribution in [0.1, 0.15) is 17.2 Å². The van der Waals surface area contributed by atoms with Gasteiger partial charge in [0.1, 0.15) is 5.82 Å². The summed E-state index contributed by atoms with van der Waals surface area (Å²) in [6, 6.07) is 4.63. The molecule has 12 heavy (non-hydrogen) atoms. The van der Waals surface area contributed by atoms with E-state index in [1.54, 1.807) is 25.1 Å². The Morgan fingerprint density at radius 1 is 1.58 bits per heavy atom. The van der Waals surface area contributed by atoms with Gasteiger partial charge >= 0.3 is 0 Å². The van der Waals surface area contributed by atoms with Crippen molar-refractivity contribution >= 4 is 0 Å². The highest BCUT2D eigenvalue weighted by atomic mass is 19.1. The number of halogens is 1. The van der Waals surface area contributed by atoms with E-state index in [4.69, 9.17) is 5.73 Å². The highest BCUT2D eigenvalue weighted by molar-refractivity contribution is 5.28. The summed E-state index contributed by atoms with van der Waals surface area (Å²) in [4.78, 5) is 0. The zero-order valence-corrected chi connectivity index (χ0v) is 7.05. The van der Waals surface area contributed by atoms with Gasteiger partial charge in [-0.2, -0.15) is 0 Å². The molecule has 0 bridgehead atoms. The molecule has 64 valence electrons. The van der Waals surface area contributed by atoms with Crippen LogP contribution in [0.25, 0.3) is 0 Å². The molecule has 0 saturated carbocycles. The van der Waals surface area contributed by atoms with E-state index in [2.05, 4.69) is 6.58 Å². The predicted octanol–water partition coefficient (Wildman–Crippen LogP) is 2.32. The van der Waals surface area contributed by atoms with Crippen LogP contribution in [0.5, 0.6) is 0 Å². The molecule has 0 aliphatic rings. The van der Waals surface area contributed by atoms with Gasteiger partial charge in [-0.1, -0.05) is 18.2 Å². The Balaban J connectivity index is 3.04. The summed E-state index contributed by atoms with van der Waals surface area (Å²) >= 11 is 0. The molecule has 0 aromatic heterocycles. The molecular weight excluding hydrogens is 153 g/mol. The van der Waals surface area contributed by atoms with E-state index in [9.17, 15) is 4.39 Å². The van der Waals surface area contributed by atoms with Crippen LogP contribution < -0.4 is 5.73 Å².